The van der Waals surface area contributed by atoms with Crippen LogP contribution in [0.2, 0.25) is 0 Å². The van der Waals surface area contributed by atoms with E-state index in [0.29, 0.717) is 36.5 Å². The van der Waals surface area contributed by atoms with Gasteiger partial charge in [0.2, 0.25) is 11.9 Å². The van der Waals surface area contributed by atoms with Crippen molar-refractivity contribution in [2.24, 2.45) is 0 Å². The minimum absolute atomic E-state index is 0.355. The third-order valence-electron chi connectivity index (χ3n) is 2.43. The van der Waals surface area contributed by atoms with Crippen molar-refractivity contribution in [1.82, 2.24) is 15.0 Å². The van der Waals surface area contributed by atoms with Crippen LogP contribution in [-0.4, -0.2) is 64.4 Å². The summed E-state index contributed by atoms with van der Waals surface area (Å²) in [4.78, 5) is 36.8. The molecule has 1 rings (SSSR count). The number of aromatic nitrogens is 3. The Labute approximate surface area is 151 Å². The Morgan fingerprint density at radius 2 is 1.73 bits per heavy atom. The lowest BCUT2D eigenvalue weighted by molar-refractivity contribution is -0.134. The monoisotopic (exact) mass is 366 g/mol. The second-order valence-electron chi connectivity index (χ2n) is 4.46. The number of anilines is 3. The number of nitrogens with zero attached hydrogens (tertiary/aromatic N) is 4. The predicted molar refractivity (Wildman–Crippen MR) is 95.8 cm³/mol. The third-order valence-corrected chi connectivity index (χ3v) is 2.43. The summed E-state index contributed by atoms with van der Waals surface area (Å²) in [5, 5.41) is 23.1. The van der Waals surface area contributed by atoms with Gasteiger partial charge in [0.25, 0.3) is 5.95 Å². The Kier molecular flexibility index (Phi) is 11.3. The Morgan fingerprint density at radius 1 is 1.19 bits per heavy atom. The molecule has 0 aliphatic rings. The summed E-state index contributed by atoms with van der Waals surface area (Å²) < 4.78 is 0. The molecule has 0 bridgehead atoms. The molecular weight excluding hydrogens is 344 g/mol. The van der Waals surface area contributed by atoms with E-state index in [1.165, 1.54) is 12.2 Å². The first-order valence-corrected chi connectivity index (χ1v) is 7.43. The van der Waals surface area contributed by atoms with E-state index < -0.39 is 11.9 Å². The predicted octanol–water partition coefficient (Wildman–Crippen LogP) is 0.448. The van der Waals surface area contributed by atoms with Crippen LogP contribution in [-0.2, 0) is 14.4 Å². The zero-order valence-corrected chi connectivity index (χ0v) is 14.8. The first kappa shape index (κ1) is 22.6. The quantitative estimate of drug-likeness (QED) is 0.274. The van der Waals surface area contributed by atoms with Gasteiger partial charge in [-0.1, -0.05) is 12.8 Å². The molecule has 1 aromatic heterocycles. The van der Waals surface area contributed by atoms with Crippen LogP contribution in [0.25, 0.3) is 0 Å². The largest absolute Gasteiger partial charge is 0.478 e. The van der Waals surface area contributed by atoms with Gasteiger partial charge in [-0.3, -0.25) is 4.84 Å². The van der Waals surface area contributed by atoms with Crippen LogP contribution in [0.5, 0.6) is 0 Å². The smallest absolute Gasteiger partial charge is 0.328 e. The number of hydroxylamine groups is 1. The molecule has 0 fully saturated rings. The average Bonchev–Trinajstić information content (AvgIpc) is 2.62. The van der Waals surface area contributed by atoms with E-state index in [1.54, 1.807) is 7.05 Å². The highest BCUT2D eigenvalue weighted by atomic mass is 16.7. The molecular formula is C15H22N6O5. The van der Waals surface area contributed by atoms with Crippen LogP contribution in [0, 0.1) is 12.3 Å². The summed E-state index contributed by atoms with van der Waals surface area (Å²) in [7, 11) is 3.25. The fraction of sp³-hybridized carbons (Fsp3) is 0.400. The molecule has 0 radical (unpaired) electrons. The fourth-order valence-corrected chi connectivity index (χ4v) is 1.25. The van der Waals surface area contributed by atoms with Crippen molar-refractivity contribution >= 4 is 29.8 Å². The standard InChI is InChI=1S/C11H18N6O.C4H4O4/c1-5-7-12-9-14-10(13-8-6-2)16-11(15-9)17(3)18-4;5-3(6)1-2-4(7)8/h1H,6-8H2,2-4H3,(H2,12,13,14,15,16);1-2H,(H,5,6)(H,7,8)/b;2-1-. The lowest BCUT2D eigenvalue weighted by atomic mass is 10.5. The molecule has 1 aromatic rings. The molecule has 26 heavy (non-hydrogen) atoms. The molecule has 0 amide bonds. The number of carboxylic acid groups (broad SMARTS) is 2. The van der Waals surface area contributed by atoms with Crippen molar-refractivity contribution in [2.75, 3.05) is 42.9 Å². The average molecular weight is 366 g/mol. The zero-order valence-electron chi connectivity index (χ0n) is 14.8. The summed E-state index contributed by atoms with van der Waals surface area (Å²) >= 11 is 0. The lowest BCUT2D eigenvalue weighted by Gasteiger charge is -2.15. The molecule has 0 spiro atoms. The van der Waals surface area contributed by atoms with Crippen LogP contribution in [0.3, 0.4) is 0 Å². The van der Waals surface area contributed by atoms with Crippen molar-refractivity contribution in [3.8, 4) is 12.3 Å². The van der Waals surface area contributed by atoms with Gasteiger partial charge in [-0.05, 0) is 6.42 Å². The van der Waals surface area contributed by atoms with Crippen LogP contribution < -0.4 is 15.7 Å². The highest BCUT2D eigenvalue weighted by Gasteiger charge is 2.09. The molecule has 0 saturated carbocycles. The Bertz CT molecular complexity index is 642. The number of nitrogens with one attached hydrogen (secondary N) is 2. The van der Waals surface area contributed by atoms with Crippen molar-refractivity contribution in [1.29, 1.82) is 0 Å². The molecule has 0 aromatic carbocycles. The van der Waals surface area contributed by atoms with Gasteiger partial charge in [0.1, 0.15) is 0 Å². The van der Waals surface area contributed by atoms with Gasteiger partial charge in [0.15, 0.2) is 0 Å². The first-order valence-electron chi connectivity index (χ1n) is 7.43. The number of hydrogen-bond donors (Lipinski definition) is 4. The molecule has 0 aliphatic carbocycles. The van der Waals surface area contributed by atoms with Gasteiger partial charge in [-0.15, -0.1) is 6.42 Å². The summed E-state index contributed by atoms with van der Waals surface area (Å²) in [5.41, 5.74) is 0. The van der Waals surface area contributed by atoms with E-state index in [1.807, 2.05) is 0 Å². The zero-order chi connectivity index (χ0) is 19.9. The van der Waals surface area contributed by atoms with Crippen molar-refractivity contribution in [3.63, 3.8) is 0 Å². The van der Waals surface area contributed by atoms with E-state index >= 15 is 0 Å². The summed E-state index contributed by atoms with van der Waals surface area (Å²) in [6.45, 7) is 3.20. The number of aliphatic carboxylic acids is 2. The van der Waals surface area contributed by atoms with Crippen LogP contribution >= 0.6 is 0 Å². The second-order valence-corrected chi connectivity index (χ2v) is 4.46. The minimum atomic E-state index is -1.26. The summed E-state index contributed by atoms with van der Waals surface area (Å²) in [6.07, 6.45) is 7.28. The second kappa shape index (κ2) is 13.0. The van der Waals surface area contributed by atoms with E-state index in [4.69, 9.17) is 21.5 Å². The minimum Gasteiger partial charge on any atom is -0.478 e. The first-order chi connectivity index (χ1) is 12.3. The van der Waals surface area contributed by atoms with Gasteiger partial charge in [-0.2, -0.15) is 15.0 Å². The molecule has 4 N–H and O–H groups in total. The van der Waals surface area contributed by atoms with Crippen molar-refractivity contribution in [3.05, 3.63) is 12.2 Å². The van der Waals surface area contributed by atoms with Gasteiger partial charge < -0.3 is 20.8 Å². The van der Waals surface area contributed by atoms with Crippen molar-refractivity contribution in [2.45, 2.75) is 13.3 Å². The van der Waals surface area contributed by atoms with E-state index in [2.05, 4.69) is 38.4 Å². The van der Waals surface area contributed by atoms with E-state index in [9.17, 15) is 9.59 Å². The maximum Gasteiger partial charge on any atom is 0.328 e. The van der Waals surface area contributed by atoms with Gasteiger partial charge in [0.05, 0.1) is 13.7 Å². The fourth-order valence-electron chi connectivity index (χ4n) is 1.25. The lowest BCUT2D eigenvalue weighted by Crippen LogP contribution is -2.20. The molecule has 0 aliphatic heterocycles. The molecule has 0 unspecified atom stereocenters. The highest BCUT2D eigenvalue weighted by Crippen LogP contribution is 2.12. The number of terminal acetylenes is 1. The van der Waals surface area contributed by atoms with Crippen molar-refractivity contribution < 1.29 is 24.6 Å². The molecule has 11 nitrogen and oxygen atoms in total. The molecule has 0 atom stereocenters. The van der Waals surface area contributed by atoms with Gasteiger partial charge in [-0.25, -0.2) is 14.7 Å². The normalized spacial score (nSPS) is 9.62. The molecule has 142 valence electrons. The number of carbonyl (C=O) groups is 2. The van der Waals surface area contributed by atoms with Gasteiger partial charge in [0, 0.05) is 25.7 Å². The summed E-state index contributed by atoms with van der Waals surface area (Å²) in [5.74, 6) is 1.27. The maximum atomic E-state index is 9.55. The number of carboxylic acids is 2. The highest BCUT2D eigenvalue weighted by molar-refractivity contribution is 5.89. The molecule has 0 saturated heterocycles. The Morgan fingerprint density at radius 3 is 2.15 bits per heavy atom. The van der Waals surface area contributed by atoms with Crippen LogP contribution in [0.1, 0.15) is 13.3 Å². The third kappa shape index (κ3) is 10.4. The Balaban J connectivity index is 0.000000660. The number of rotatable bonds is 9. The molecule has 11 heteroatoms. The maximum absolute atomic E-state index is 9.55. The van der Waals surface area contributed by atoms with Crippen LogP contribution in [0.4, 0.5) is 17.8 Å². The van der Waals surface area contributed by atoms with Crippen LogP contribution in [0.15, 0.2) is 12.2 Å². The molecule has 1 heterocycles. The topological polar surface area (TPSA) is 150 Å². The summed E-state index contributed by atoms with van der Waals surface area (Å²) in [6, 6.07) is 0. The Hall–Kier alpha value is -3.39. The van der Waals surface area contributed by atoms with E-state index in [-0.39, 0.29) is 0 Å². The number of hydrogen-bond acceptors (Lipinski definition) is 9. The van der Waals surface area contributed by atoms with E-state index in [0.717, 1.165) is 13.0 Å². The van der Waals surface area contributed by atoms with Gasteiger partial charge >= 0.3 is 11.9 Å². The SMILES string of the molecule is C#CCNc1nc(NCCC)nc(N(C)OC)n1.O=C(O)/C=C\C(=O)O.